The van der Waals surface area contributed by atoms with E-state index >= 15 is 0 Å². The number of hydrogen-bond acceptors (Lipinski definition) is 2. The molecular formula is C15H25F3N2O. The highest BCUT2D eigenvalue weighted by Crippen LogP contribution is 2.39. The van der Waals surface area contributed by atoms with E-state index in [1.54, 1.807) is 0 Å². The summed E-state index contributed by atoms with van der Waals surface area (Å²) in [6, 6.07) is 0. The zero-order valence-corrected chi connectivity index (χ0v) is 12.4. The fraction of sp³-hybridized carbons (Fsp3) is 0.933. The molecule has 0 bridgehead atoms. The van der Waals surface area contributed by atoms with Gasteiger partial charge in [0, 0.05) is 19.6 Å². The Morgan fingerprint density at radius 3 is 2.29 bits per heavy atom. The fourth-order valence-electron chi connectivity index (χ4n) is 3.67. The Morgan fingerprint density at radius 2 is 1.76 bits per heavy atom. The lowest BCUT2D eigenvalue weighted by Gasteiger charge is -2.40. The highest BCUT2D eigenvalue weighted by molar-refractivity contribution is 5.83. The van der Waals surface area contributed by atoms with Gasteiger partial charge < -0.3 is 10.6 Å². The number of alkyl halides is 3. The molecule has 0 radical (unpaired) electrons. The van der Waals surface area contributed by atoms with Gasteiger partial charge in [0.05, 0.1) is 11.3 Å². The van der Waals surface area contributed by atoms with Crippen LogP contribution in [-0.2, 0) is 4.79 Å². The first-order chi connectivity index (χ1) is 9.89. The Morgan fingerprint density at radius 1 is 1.14 bits per heavy atom. The van der Waals surface area contributed by atoms with E-state index in [0.29, 0.717) is 13.0 Å². The molecule has 21 heavy (non-hydrogen) atoms. The number of nitrogens with zero attached hydrogens (tertiary/aromatic N) is 1. The second-order valence-corrected chi connectivity index (χ2v) is 6.53. The quantitative estimate of drug-likeness (QED) is 0.797. The maximum atomic E-state index is 12.9. The van der Waals surface area contributed by atoms with E-state index in [0.717, 1.165) is 38.5 Å². The van der Waals surface area contributed by atoms with Crippen molar-refractivity contribution in [3.63, 3.8) is 0 Å². The molecule has 0 aromatic heterocycles. The van der Waals surface area contributed by atoms with Crippen LogP contribution in [0.15, 0.2) is 0 Å². The maximum Gasteiger partial charge on any atom is 0.393 e. The zero-order chi connectivity index (χ0) is 15.5. The molecule has 2 fully saturated rings. The Bertz CT molecular complexity index is 362. The van der Waals surface area contributed by atoms with E-state index in [-0.39, 0.29) is 25.4 Å². The van der Waals surface area contributed by atoms with Gasteiger partial charge in [0.25, 0.3) is 0 Å². The molecule has 0 aromatic carbocycles. The minimum Gasteiger partial charge on any atom is -0.342 e. The summed E-state index contributed by atoms with van der Waals surface area (Å²) in [5.41, 5.74) is 5.24. The normalized spacial score (nSPS) is 27.2. The molecular weight excluding hydrogens is 281 g/mol. The van der Waals surface area contributed by atoms with E-state index < -0.39 is 17.5 Å². The van der Waals surface area contributed by atoms with Gasteiger partial charge in [0.1, 0.15) is 0 Å². The van der Waals surface area contributed by atoms with Crippen LogP contribution in [0.4, 0.5) is 13.2 Å². The third-order valence-corrected chi connectivity index (χ3v) is 5.08. The summed E-state index contributed by atoms with van der Waals surface area (Å²) in [6.45, 7) is 0.496. The molecule has 1 atom stereocenters. The van der Waals surface area contributed by atoms with Gasteiger partial charge in [-0.2, -0.15) is 13.2 Å². The average molecular weight is 306 g/mol. The topological polar surface area (TPSA) is 46.3 Å². The predicted molar refractivity (Wildman–Crippen MR) is 74.5 cm³/mol. The number of carbonyl (C=O) groups excluding carboxylic acids is 1. The second kappa shape index (κ2) is 6.55. The first kappa shape index (κ1) is 16.6. The monoisotopic (exact) mass is 306 g/mol. The highest BCUT2D eigenvalue weighted by atomic mass is 19.4. The number of carbonyl (C=O) groups is 1. The van der Waals surface area contributed by atoms with Crippen LogP contribution in [0.2, 0.25) is 0 Å². The second-order valence-electron chi connectivity index (χ2n) is 6.53. The first-order valence-corrected chi connectivity index (χ1v) is 7.95. The van der Waals surface area contributed by atoms with Crippen LogP contribution in [-0.4, -0.2) is 36.6 Å². The van der Waals surface area contributed by atoms with Crippen molar-refractivity contribution in [2.75, 3.05) is 19.6 Å². The summed E-state index contributed by atoms with van der Waals surface area (Å²) in [6.07, 6.45) is 1.84. The van der Waals surface area contributed by atoms with Gasteiger partial charge in [0.15, 0.2) is 0 Å². The van der Waals surface area contributed by atoms with Crippen molar-refractivity contribution < 1.29 is 18.0 Å². The van der Waals surface area contributed by atoms with Gasteiger partial charge >= 0.3 is 6.18 Å². The molecule has 1 aliphatic heterocycles. The SMILES string of the molecule is NCC1(C(=O)N2CCCC(C(F)(F)F)C2)CCCCCC1. The molecule has 1 unspecified atom stereocenters. The van der Waals surface area contributed by atoms with Gasteiger partial charge in [0.2, 0.25) is 5.91 Å². The lowest BCUT2D eigenvalue weighted by Crippen LogP contribution is -2.52. The zero-order valence-electron chi connectivity index (χ0n) is 12.4. The van der Waals surface area contributed by atoms with Gasteiger partial charge in [-0.15, -0.1) is 0 Å². The van der Waals surface area contributed by atoms with Crippen LogP contribution in [0.25, 0.3) is 0 Å². The molecule has 1 saturated carbocycles. The number of hydrogen-bond donors (Lipinski definition) is 1. The predicted octanol–water partition coefficient (Wildman–Crippen LogP) is 3.09. The van der Waals surface area contributed by atoms with E-state index in [2.05, 4.69) is 0 Å². The Kier molecular flexibility index (Phi) is 5.17. The summed E-state index contributed by atoms with van der Waals surface area (Å²) in [7, 11) is 0. The average Bonchev–Trinajstić information content (AvgIpc) is 2.72. The summed E-state index contributed by atoms with van der Waals surface area (Å²) >= 11 is 0. The van der Waals surface area contributed by atoms with Crippen molar-refractivity contribution in [1.29, 1.82) is 0 Å². The molecule has 1 amide bonds. The molecule has 0 aromatic rings. The van der Waals surface area contributed by atoms with Crippen molar-refractivity contribution in [3.8, 4) is 0 Å². The van der Waals surface area contributed by atoms with E-state index in [1.165, 1.54) is 4.90 Å². The molecule has 122 valence electrons. The highest BCUT2D eigenvalue weighted by Gasteiger charge is 2.46. The Hall–Kier alpha value is -0.780. The largest absolute Gasteiger partial charge is 0.393 e. The molecule has 1 aliphatic carbocycles. The minimum absolute atomic E-state index is 0.128. The fourth-order valence-corrected chi connectivity index (χ4v) is 3.67. The van der Waals surface area contributed by atoms with Crippen LogP contribution in [0.5, 0.6) is 0 Å². The molecule has 3 nitrogen and oxygen atoms in total. The molecule has 0 spiro atoms. The van der Waals surface area contributed by atoms with Crippen LogP contribution in [0.3, 0.4) is 0 Å². The van der Waals surface area contributed by atoms with E-state index in [1.807, 2.05) is 0 Å². The van der Waals surface area contributed by atoms with Gasteiger partial charge in [-0.05, 0) is 25.7 Å². The number of amides is 1. The lowest BCUT2D eigenvalue weighted by atomic mass is 9.78. The standard InChI is InChI=1S/C15H25F3N2O/c16-15(17,18)12-6-5-9-20(10-12)13(21)14(11-19)7-3-1-2-4-8-14/h12H,1-11,19H2. The molecule has 2 aliphatic rings. The molecule has 2 rings (SSSR count). The molecule has 6 heteroatoms. The molecule has 2 N–H and O–H groups in total. The van der Waals surface area contributed by atoms with Gasteiger partial charge in [-0.1, -0.05) is 25.7 Å². The summed E-state index contributed by atoms with van der Waals surface area (Å²) < 4.78 is 38.7. The molecule has 1 saturated heterocycles. The summed E-state index contributed by atoms with van der Waals surface area (Å²) in [5, 5.41) is 0. The summed E-state index contributed by atoms with van der Waals surface area (Å²) in [5.74, 6) is -1.52. The number of nitrogens with two attached hydrogens (primary N) is 1. The smallest absolute Gasteiger partial charge is 0.342 e. The number of piperidine rings is 1. The van der Waals surface area contributed by atoms with Crippen LogP contribution >= 0.6 is 0 Å². The van der Waals surface area contributed by atoms with Crippen LogP contribution < -0.4 is 5.73 Å². The van der Waals surface area contributed by atoms with E-state index in [9.17, 15) is 18.0 Å². The number of rotatable bonds is 2. The third-order valence-electron chi connectivity index (χ3n) is 5.08. The third kappa shape index (κ3) is 3.71. The summed E-state index contributed by atoms with van der Waals surface area (Å²) in [4.78, 5) is 14.2. The minimum atomic E-state index is -4.21. The molecule has 1 heterocycles. The van der Waals surface area contributed by atoms with Crippen LogP contribution in [0, 0.1) is 11.3 Å². The lowest BCUT2D eigenvalue weighted by molar-refractivity contribution is -0.190. The van der Waals surface area contributed by atoms with Crippen LogP contribution in [0.1, 0.15) is 51.4 Å². The van der Waals surface area contributed by atoms with E-state index in [4.69, 9.17) is 5.73 Å². The van der Waals surface area contributed by atoms with Crippen molar-refractivity contribution in [2.24, 2.45) is 17.1 Å². The Labute approximate surface area is 124 Å². The number of likely N-dealkylation sites (tertiary alicyclic amines) is 1. The van der Waals surface area contributed by atoms with Crippen molar-refractivity contribution in [3.05, 3.63) is 0 Å². The van der Waals surface area contributed by atoms with Gasteiger partial charge in [-0.3, -0.25) is 4.79 Å². The number of halogens is 3. The van der Waals surface area contributed by atoms with Crippen molar-refractivity contribution in [2.45, 2.75) is 57.5 Å². The van der Waals surface area contributed by atoms with Crippen molar-refractivity contribution >= 4 is 5.91 Å². The van der Waals surface area contributed by atoms with Gasteiger partial charge in [-0.25, -0.2) is 0 Å². The Balaban J connectivity index is 2.09. The van der Waals surface area contributed by atoms with Crippen molar-refractivity contribution in [1.82, 2.24) is 4.90 Å². The maximum absolute atomic E-state index is 12.9. The first-order valence-electron chi connectivity index (χ1n) is 7.95.